The van der Waals surface area contributed by atoms with Crippen LogP contribution >= 0.6 is 43.5 Å². The van der Waals surface area contributed by atoms with Crippen molar-refractivity contribution in [3.63, 3.8) is 0 Å². The third-order valence-corrected chi connectivity index (χ3v) is 6.73. The highest BCUT2D eigenvalue weighted by Crippen LogP contribution is 2.37. The van der Waals surface area contributed by atoms with Crippen molar-refractivity contribution in [2.24, 2.45) is 0 Å². The Morgan fingerprint density at radius 1 is 1.14 bits per heavy atom. The second kappa shape index (κ2) is 11.4. The van der Waals surface area contributed by atoms with Crippen molar-refractivity contribution >= 4 is 67.4 Å². The van der Waals surface area contributed by atoms with Gasteiger partial charge in [0.15, 0.2) is 11.5 Å². The number of benzene rings is 2. The Bertz CT molecular complexity index is 1420. The van der Waals surface area contributed by atoms with Gasteiger partial charge in [0.2, 0.25) is 5.76 Å². The molecule has 0 unspecified atom stereocenters. The maximum atomic E-state index is 13.1. The van der Waals surface area contributed by atoms with Crippen molar-refractivity contribution < 1.29 is 33.0 Å². The van der Waals surface area contributed by atoms with E-state index in [0.29, 0.717) is 22.1 Å². The molecule has 4 rings (SSSR count). The lowest BCUT2D eigenvalue weighted by atomic mass is 10.1. The highest BCUT2D eigenvalue weighted by Gasteiger charge is 2.35. The van der Waals surface area contributed by atoms with Crippen LogP contribution in [0.5, 0.6) is 11.5 Å². The van der Waals surface area contributed by atoms with E-state index in [1.165, 1.54) is 32.4 Å². The highest BCUT2D eigenvalue weighted by molar-refractivity contribution is 9.11. The Morgan fingerprint density at radius 2 is 1.92 bits per heavy atom. The molecule has 1 fully saturated rings. The zero-order chi connectivity index (χ0) is 26.7. The summed E-state index contributed by atoms with van der Waals surface area (Å²) in [5.74, 6) is -0.372. The number of amides is 3. The van der Waals surface area contributed by atoms with Crippen molar-refractivity contribution in [2.75, 3.05) is 14.2 Å². The van der Waals surface area contributed by atoms with Gasteiger partial charge in [-0.05, 0) is 36.4 Å². The average molecular weight is 655 g/mol. The maximum absolute atomic E-state index is 13.1. The zero-order valence-electron chi connectivity index (χ0n) is 19.5. The van der Waals surface area contributed by atoms with Crippen LogP contribution in [0.25, 0.3) is 6.08 Å². The van der Waals surface area contributed by atoms with E-state index in [9.17, 15) is 14.4 Å². The Kier molecular flexibility index (Phi) is 8.25. The van der Waals surface area contributed by atoms with Crippen LogP contribution in [-0.2, 0) is 22.7 Å². The van der Waals surface area contributed by atoms with Crippen LogP contribution in [0.15, 0.2) is 61.5 Å². The van der Waals surface area contributed by atoms with Gasteiger partial charge in [0.1, 0.15) is 18.1 Å². The average Bonchev–Trinajstić information content (AvgIpc) is 3.44. The van der Waals surface area contributed by atoms with Gasteiger partial charge in [-0.2, -0.15) is 0 Å². The molecular weight excluding hydrogens is 636 g/mol. The topological polar surface area (TPSA) is 107 Å². The minimum absolute atomic E-state index is 0.00346. The molecule has 1 saturated heterocycles. The molecule has 1 N–H and O–H groups in total. The zero-order valence-corrected chi connectivity index (χ0v) is 23.4. The molecule has 192 valence electrons. The number of carbonyl (C=O) groups excluding carboxylic acids is 3. The standard InChI is InChI=1S/C25H19Br2ClN2O7/c1-34-21-10-16(28)7-14(22(21)36-12-13-3-4-15(26)9-18(13)27)8-19-23(31)30(25(33)29-19)11-17-5-6-20(37-17)24(32)35-2/h3-10H,11-12H2,1-2H3,(H,29,33)/b19-8-. The number of nitrogens with zero attached hydrogens (tertiary/aromatic N) is 1. The first-order chi connectivity index (χ1) is 17.7. The minimum atomic E-state index is -0.665. The molecule has 3 amide bonds. The smallest absolute Gasteiger partial charge is 0.373 e. The first kappa shape index (κ1) is 26.8. The van der Waals surface area contributed by atoms with Gasteiger partial charge in [0.05, 0.1) is 20.8 Å². The molecule has 0 spiro atoms. The van der Waals surface area contributed by atoms with Crippen LogP contribution in [0.1, 0.15) is 27.4 Å². The predicted molar refractivity (Wildman–Crippen MR) is 141 cm³/mol. The van der Waals surface area contributed by atoms with Crippen LogP contribution in [0.2, 0.25) is 5.02 Å². The summed E-state index contributed by atoms with van der Waals surface area (Å²) in [4.78, 5) is 38.2. The Labute approximate surface area is 233 Å². The van der Waals surface area contributed by atoms with E-state index in [1.54, 1.807) is 12.1 Å². The van der Waals surface area contributed by atoms with E-state index < -0.39 is 17.9 Å². The Hall–Kier alpha value is -3.28. The van der Waals surface area contributed by atoms with Crippen molar-refractivity contribution in [3.8, 4) is 11.5 Å². The van der Waals surface area contributed by atoms with Crippen LogP contribution in [-0.4, -0.2) is 37.0 Å². The van der Waals surface area contributed by atoms with E-state index in [-0.39, 0.29) is 30.4 Å². The molecule has 9 nitrogen and oxygen atoms in total. The maximum Gasteiger partial charge on any atom is 0.373 e. The first-order valence-corrected chi connectivity index (χ1v) is 12.6. The molecule has 0 bridgehead atoms. The van der Waals surface area contributed by atoms with Gasteiger partial charge in [-0.25, -0.2) is 9.59 Å². The lowest BCUT2D eigenvalue weighted by Crippen LogP contribution is -2.30. The molecule has 12 heteroatoms. The number of rotatable bonds is 8. The van der Waals surface area contributed by atoms with Crippen molar-refractivity contribution in [1.29, 1.82) is 0 Å². The number of carbonyl (C=O) groups is 3. The summed E-state index contributed by atoms with van der Waals surface area (Å²) in [6.45, 7) is 0.00823. The number of imide groups is 1. The van der Waals surface area contributed by atoms with E-state index in [1.807, 2.05) is 18.2 Å². The van der Waals surface area contributed by atoms with Gasteiger partial charge in [0, 0.05) is 31.2 Å². The SMILES string of the molecule is COC(=O)c1ccc(CN2C(=O)N/C(=C\c3cc(Cl)cc(OC)c3OCc3ccc(Br)cc3Br)C2=O)o1. The van der Waals surface area contributed by atoms with Crippen LogP contribution in [0, 0.1) is 0 Å². The fourth-order valence-corrected chi connectivity index (χ4v) is 4.87. The molecule has 2 aromatic carbocycles. The number of urea groups is 1. The molecule has 37 heavy (non-hydrogen) atoms. The number of nitrogens with one attached hydrogen (secondary N) is 1. The van der Waals surface area contributed by atoms with Gasteiger partial charge in [-0.15, -0.1) is 0 Å². The van der Waals surface area contributed by atoms with Crippen molar-refractivity contribution in [3.05, 3.63) is 84.8 Å². The van der Waals surface area contributed by atoms with E-state index >= 15 is 0 Å². The largest absolute Gasteiger partial charge is 0.493 e. The highest BCUT2D eigenvalue weighted by atomic mass is 79.9. The number of furan rings is 1. The van der Waals surface area contributed by atoms with Gasteiger partial charge in [-0.3, -0.25) is 9.69 Å². The molecule has 2 heterocycles. The summed E-state index contributed by atoms with van der Waals surface area (Å²) >= 11 is 13.2. The quantitative estimate of drug-likeness (QED) is 0.183. The van der Waals surface area contributed by atoms with Gasteiger partial charge in [-0.1, -0.05) is 49.5 Å². The van der Waals surface area contributed by atoms with Crippen molar-refractivity contribution in [2.45, 2.75) is 13.2 Å². The third kappa shape index (κ3) is 6.00. The molecule has 0 aliphatic carbocycles. The van der Waals surface area contributed by atoms with E-state index in [2.05, 4.69) is 41.9 Å². The second-order valence-electron chi connectivity index (χ2n) is 7.69. The van der Waals surface area contributed by atoms with E-state index in [4.69, 9.17) is 25.5 Å². The number of ether oxygens (including phenoxy) is 3. The number of halogens is 3. The molecule has 0 radical (unpaired) electrons. The molecule has 0 saturated carbocycles. The summed E-state index contributed by atoms with van der Waals surface area (Å²) in [6.07, 6.45) is 1.46. The monoisotopic (exact) mass is 652 g/mol. The number of esters is 1. The Balaban J connectivity index is 1.60. The molecule has 1 aromatic heterocycles. The number of methoxy groups -OCH3 is 2. The lowest BCUT2D eigenvalue weighted by Gasteiger charge is -2.15. The summed E-state index contributed by atoms with van der Waals surface area (Å²) < 4.78 is 23.3. The summed E-state index contributed by atoms with van der Waals surface area (Å²) in [5, 5.41) is 2.90. The molecule has 3 aromatic rings. The fraction of sp³-hybridized carbons (Fsp3) is 0.160. The van der Waals surface area contributed by atoms with Crippen LogP contribution in [0.3, 0.4) is 0 Å². The summed E-state index contributed by atoms with van der Waals surface area (Å²) in [6, 6.07) is 11.1. The van der Waals surface area contributed by atoms with Crippen molar-refractivity contribution in [1.82, 2.24) is 10.2 Å². The third-order valence-electron chi connectivity index (χ3n) is 5.28. The van der Waals surface area contributed by atoms with Gasteiger partial charge in [0.25, 0.3) is 5.91 Å². The molecule has 1 aliphatic rings. The molecule has 0 atom stereocenters. The van der Waals surface area contributed by atoms with E-state index in [0.717, 1.165) is 19.4 Å². The normalized spacial score (nSPS) is 14.2. The minimum Gasteiger partial charge on any atom is -0.493 e. The van der Waals surface area contributed by atoms with Crippen LogP contribution in [0.4, 0.5) is 4.79 Å². The second-order valence-corrected chi connectivity index (χ2v) is 9.89. The summed E-state index contributed by atoms with van der Waals surface area (Å²) in [7, 11) is 2.70. The number of hydrogen-bond donors (Lipinski definition) is 1. The lowest BCUT2D eigenvalue weighted by molar-refractivity contribution is -0.123. The summed E-state index contributed by atoms with van der Waals surface area (Å²) in [5.41, 5.74) is 1.30. The van der Waals surface area contributed by atoms with Gasteiger partial charge < -0.3 is 23.9 Å². The molecular formula is C25H19Br2ClN2O7. The molecule has 1 aliphatic heterocycles. The first-order valence-electron chi connectivity index (χ1n) is 10.7. The predicted octanol–water partition coefficient (Wildman–Crippen LogP) is 5.93. The fourth-order valence-electron chi connectivity index (χ4n) is 3.49. The van der Waals surface area contributed by atoms with Gasteiger partial charge >= 0.3 is 12.0 Å². The number of hydrogen-bond acceptors (Lipinski definition) is 7. The van der Waals surface area contributed by atoms with Crippen LogP contribution < -0.4 is 14.8 Å². The Morgan fingerprint density at radius 3 is 2.62 bits per heavy atom.